The molecule has 0 aliphatic rings. The van der Waals surface area contributed by atoms with Crippen LogP contribution in [0.2, 0.25) is 0 Å². The lowest BCUT2D eigenvalue weighted by molar-refractivity contribution is -0.144. The van der Waals surface area contributed by atoms with E-state index in [1.165, 1.54) is 12.1 Å². The van der Waals surface area contributed by atoms with Gasteiger partial charge < -0.3 is 5.32 Å². The number of hydrogen-bond acceptors (Lipinski definition) is 4. The fraction of sp³-hybridized carbons (Fsp3) is 0.333. The largest absolute Gasteiger partial charge is 0.453 e. The van der Waals surface area contributed by atoms with Crippen LogP contribution in [0.5, 0.6) is 0 Å². The lowest BCUT2D eigenvalue weighted by Crippen LogP contribution is -2.28. The Bertz CT molecular complexity index is 1030. The summed E-state index contributed by atoms with van der Waals surface area (Å²) in [5.41, 5.74) is 2.00. The van der Waals surface area contributed by atoms with Crippen molar-refractivity contribution in [3.05, 3.63) is 58.4 Å². The fourth-order valence-corrected chi connectivity index (χ4v) is 2.85. The van der Waals surface area contributed by atoms with E-state index in [4.69, 9.17) is 0 Å². The summed E-state index contributed by atoms with van der Waals surface area (Å²) in [5, 5.41) is 6.17. The van der Waals surface area contributed by atoms with Crippen LogP contribution in [0, 0.1) is 19.7 Å². The number of aryl methyl sites for hydroxylation is 2. The molecule has 0 aliphatic heterocycles. The quantitative estimate of drug-likeness (QED) is 0.675. The summed E-state index contributed by atoms with van der Waals surface area (Å²) >= 11 is 0. The van der Waals surface area contributed by atoms with Crippen LogP contribution in [-0.4, -0.2) is 32.0 Å². The van der Waals surface area contributed by atoms with Crippen LogP contribution >= 0.6 is 0 Å². The first kappa shape index (κ1) is 19.7. The van der Waals surface area contributed by atoms with E-state index in [9.17, 15) is 22.4 Å². The van der Waals surface area contributed by atoms with Crippen LogP contribution in [0.4, 0.5) is 17.6 Å². The van der Waals surface area contributed by atoms with E-state index in [-0.39, 0.29) is 23.9 Å². The minimum absolute atomic E-state index is 0.0645. The van der Waals surface area contributed by atoms with Crippen molar-refractivity contribution in [1.29, 1.82) is 0 Å². The first-order chi connectivity index (χ1) is 13.1. The summed E-state index contributed by atoms with van der Waals surface area (Å²) in [6.45, 7) is 3.47. The van der Waals surface area contributed by atoms with E-state index < -0.39 is 12.0 Å². The predicted octanol–water partition coefficient (Wildman–Crippen LogP) is 2.80. The Balaban J connectivity index is 1.71. The molecule has 0 bridgehead atoms. The van der Waals surface area contributed by atoms with Crippen LogP contribution in [-0.2, 0) is 23.8 Å². The van der Waals surface area contributed by atoms with Crippen LogP contribution in [0.25, 0.3) is 5.78 Å². The van der Waals surface area contributed by atoms with Crippen molar-refractivity contribution < 1.29 is 22.4 Å². The highest BCUT2D eigenvalue weighted by Gasteiger charge is 2.37. The summed E-state index contributed by atoms with van der Waals surface area (Å²) in [6, 6.07) is 6.07. The van der Waals surface area contributed by atoms with Crippen molar-refractivity contribution >= 4 is 11.7 Å². The predicted molar refractivity (Wildman–Crippen MR) is 92.1 cm³/mol. The smallest absolute Gasteiger partial charge is 0.355 e. The zero-order valence-electron chi connectivity index (χ0n) is 15.1. The molecule has 2 aromatic heterocycles. The van der Waals surface area contributed by atoms with Gasteiger partial charge in [0.25, 0.3) is 11.6 Å². The van der Waals surface area contributed by atoms with Crippen LogP contribution < -0.4 is 5.32 Å². The van der Waals surface area contributed by atoms with Gasteiger partial charge in [-0.15, -0.1) is 5.10 Å². The van der Waals surface area contributed by atoms with Gasteiger partial charge >= 0.3 is 6.18 Å². The molecule has 1 N–H and O–H groups in total. The molecule has 148 valence electrons. The van der Waals surface area contributed by atoms with Gasteiger partial charge in [-0.2, -0.15) is 18.2 Å². The number of fused-ring (bicyclic) bond motifs is 1. The average molecular weight is 395 g/mol. The molecule has 0 aliphatic carbocycles. The van der Waals surface area contributed by atoms with Crippen molar-refractivity contribution in [2.45, 2.75) is 32.9 Å². The third kappa shape index (κ3) is 4.26. The number of amides is 1. The first-order valence-electron chi connectivity index (χ1n) is 8.46. The molecule has 0 saturated heterocycles. The molecular weight excluding hydrogens is 378 g/mol. The van der Waals surface area contributed by atoms with Gasteiger partial charge in [-0.25, -0.2) is 13.9 Å². The number of nitrogens with zero attached hydrogens (tertiary/aromatic N) is 4. The monoisotopic (exact) mass is 395 g/mol. The molecule has 3 rings (SSSR count). The van der Waals surface area contributed by atoms with E-state index in [1.807, 2.05) is 0 Å². The van der Waals surface area contributed by atoms with E-state index in [1.54, 1.807) is 26.0 Å². The number of nitrogens with one attached hydrogen (secondary N) is 1. The molecule has 0 saturated carbocycles. The Hall–Kier alpha value is -3.04. The van der Waals surface area contributed by atoms with Gasteiger partial charge in [-0.1, -0.05) is 12.1 Å². The van der Waals surface area contributed by atoms with Gasteiger partial charge in [0.05, 0.1) is 6.42 Å². The second kappa shape index (κ2) is 7.53. The van der Waals surface area contributed by atoms with Crippen molar-refractivity contribution in [2.24, 2.45) is 0 Å². The summed E-state index contributed by atoms with van der Waals surface area (Å²) in [4.78, 5) is 19.7. The highest BCUT2D eigenvalue weighted by molar-refractivity contribution is 5.79. The van der Waals surface area contributed by atoms with Gasteiger partial charge in [0, 0.05) is 23.5 Å². The minimum atomic E-state index is -4.68. The molecular formula is C18H17F4N5O. The van der Waals surface area contributed by atoms with Gasteiger partial charge in [0.15, 0.2) is 0 Å². The van der Waals surface area contributed by atoms with E-state index in [0.29, 0.717) is 29.9 Å². The van der Waals surface area contributed by atoms with Crippen molar-refractivity contribution in [3.8, 4) is 0 Å². The van der Waals surface area contributed by atoms with Crippen molar-refractivity contribution in [1.82, 2.24) is 24.9 Å². The zero-order valence-corrected chi connectivity index (χ0v) is 15.1. The Kier molecular flexibility index (Phi) is 5.30. The van der Waals surface area contributed by atoms with E-state index in [2.05, 4.69) is 20.4 Å². The first-order valence-corrected chi connectivity index (χ1v) is 8.46. The average Bonchev–Trinajstić information content (AvgIpc) is 3.03. The van der Waals surface area contributed by atoms with Gasteiger partial charge in [-0.05, 0) is 38.0 Å². The summed E-state index contributed by atoms with van der Waals surface area (Å²) < 4.78 is 52.6. The Morgan fingerprint density at radius 2 is 1.96 bits per heavy atom. The number of hydrogen-bond donors (Lipinski definition) is 1. The van der Waals surface area contributed by atoms with Gasteiger partial charge in [0.2, 0.25) is 5.91 Å². The van der Waals surface area contributed by atoms with Crippen molar-refractivity contribution in [3.63, 3.8) is 0 Å². The van der Waals surface area contributed by atoms with Crippen LogP contribution in [0.15, 0.2) is 24.3 Å². The summed E-state index contributed by atoms with van der Waals surface area (Å²) in [5.74, 6) is -2.11. The van der Waals surface area contributed by atoms with E-state index in [0.717, 1.165) is 10.1 Å². The fourth-order valence-electron chi connectivity index (χ4n) is 2.85. The second-order valence-electron chi connectivity index (χ2n) is 6.31. The maximum absolute atomic E-state index is 13.2. The SMILES string of the molecule is Cc1nc2nc(C(F)(F)F)nn2c(C)c1CC(=O)NCCc1cccc(F)c1. The van der Waals surface area contributed by atoms with Gasteiger partial charge in [0.1, 0.15) is 5.82 Å². The molecule has 10 heteroatoms. The molecule has 3 aromatic rings. The third-order valence-corrected chi connectivity index (χ3v) is 4.26. The number of carbonyl (C=O) groups is 1. The Morgan fingerprint density at radius 1 is 1.21 bits per heavy atom. The summed E-state index contributed by atoms with van der Waals surface area (Å²) in [6.07, 6.45) is -4.29. The Morgan fingerprint density at radius 3 is 2.64 bits per heavy atom. The number of carbonyl (C=O) groups excluding carboxylic acids is 1. The van der Waals surface area contributed by atoms with Crippen LogP contribution in [0.1, 0.15) is 28.3 Å². The highest BCUT2D eigenvalue weighted by Crippen LogP contribution is 2.27. The lowest BCUT2D eigenvalue weighted by Gasteiger charge is -2.11. The van der Waals surface area contributed by atoms with Crippen LogP contribution in [0.3, 0.4) is 0 Å². The Labute approximate surface area is 157 Å². The van der Waals surface area contributed by atoms with Crippen molar-refractivity contribution in [2.75, 3.05) is 6.54 Å². The minimum Gasteiger partial charge on any atom is -0.355 e. The standard InChI is InChI=1S/C18H17F4N5O/c1-10-14(9-15(28)23-7-6-12-4-3-5-13(19)8-12)11(2)27-17(24-10)25-16(26-27)18(20,21)22/h3-5,8H,6-7,9H2,1-2H3,(H,23,28). The molecule has 0 unspecified atom stereocenters. The molecule has 28 heavy (non-hydrogen) atoms. The third-order valence-electron chi connectivity index (χ3n) is 4.26. The molecule has 1 aromatic carbocycles. The number of halogens is 4. The molecule has 0 fully saturated rings. The van der Waals surface area contributed by atoms with E-state index >= 15 is 0 Å². The topological polar surface area (TPSA) is 72.2 Å². The molecule has 0 radical (unpaired) electrons. The second-order valence-corrected chi connectivity index (χ2v) is 6.31. The zero-order chi connectivity index (χ0) is 20.5. The lowest BCUT2D eigenvalue weighted by atomic mass is 10.1. The van der Waals surface area contributed by atoms with Gasteiger partial charge in [-0.3, -0.25) is 4.79 Å². The number of rotatable bonds is 5. The molecule has 1 amide bonds. The normalized spacial score (nSPS) is 11.8. The maximum atomic E-state index is 13.2. The molecule has 6 nitrogen and oxygen atoms in total. The molecule has 0 atom stereocenters. The number of benzene rings is 1. The highest BCUT2D eigenvalue weighted by atomic mass is 19.4. The maximum Gasteiger partial charge on any atom is 0.453 e. The number of alkyl halides is 3. The summed E-state index contributed by atoms with van der Waals surface area (Å²) in [7, 11) is 0. The number of aromatic nitrogens is 4. The molecule has 0 spiro atoms. The molecule has 2 heterocycles.